The zero-order valence-corrected chi connectivity index (χ0v) is 5.01. The molecule has 0 aromatic heterocycles. The number of aliphatic carboxylic acids is 1. The maximum Gasteiger partial charge on any atom is 0.320 e. The van der Waals surface area contributed by atoms with Gasteiger partial charge in [-0.05, 0) is 5.92 Å². The van der Waals surface area contributed by atoms with Crippen LogP contribution >= 0.6 is 0 Å². The maximum atomic E-state index is 10.2. The molecule has 0 saturated carbocycles. The van der Waals surface area contributed by atoms with Gasteiger partial charge in [0.2, 0.25) is 0 Å². The molecular formula is C5H11NO2. The molecule has 0 unspecified atom stereocenters. The Hall–Kier alpha value is -0.570. The summed E-state index contributed by atoms with van der Waals surface area (Å²) >= 11 is 0. The first-order valence-corrected chi connectivity index (χ1v) is 2.41. The van der Waals surface area contributed by atoms with Crippen molar-refractivity contribution >= 4 is 5.97 Å². The highest BCUT2D eigenvalue weighted by Crippen LogP contribution is 1.96. The van der Waals surface area contributed by atoms with Gasteiger partial charge >= 0.3 is 5.97 Å². The number of rotatable bonds is 2. The summed E-state index contributed by atoms with van der Waals surface area (Å²) in [7, 11) is 0. The first-order valence-electron chi connectivity index (χ1n) is 2.91. The van der Waals surface area contributed by atoms with Gasteiger partial charge in [-0.2, -0.15) is 0 Å². The van der Waals surface area contributed by atoms with E-state index in [-0.39, 0.29) is 5.92 Å². The molecule has 0 aliphatic rings. The van der Waals surface area contributed by atoms with Crippen molar-refractivity contribution in [1.29, 1.82) is 0 Å². The molecule has 0 amide bonds. The van der Waals surface area contributed by atoms with E-state index >= 15 is 0 Å². The molecule has 0 fully saturated rings. The Labute approximate surface area is 49.9 Å². The molecule has 3 heteroatoms. The normalized spacial score (nSPS) is 19.8. The van der Waals surface area contributed by atoms with Gasteiger partial charge in [0.1, 0.15) is 6.02 Å². The SMILES string of the molecule is [2H][C@@](N)(C(=O)O)C(C)C. The molecule has 0 bridgehead atoms. The van der Waals surface area contributed by atoms with Crippen LogP contribution in [0.2, 0.25) is 0 Å². The topological polar surface area (TPSA) is 63.3 Å². The minimum Gasteiger partial charge on any atom is -0.480 e. The van der Waals surface area contributed by atoms with Crippen molar-refractivity contribution < 1.29 is 11.3 Å². The first-order chi connectivity index (χ1) is 3.89. The van der Waals surface area contributed by atoms with Crippen molar-refractivity contribution in [2.75, 3.05) is 0 Å². The van der Waals surface area contributed by atoms with Gasteiger partial charge in [0.25, 0.3) is 0 Å². The van der Waals surface area contributed by atoms with Crippen LogP contribution < -0.4 is 5.73 Å². The Bertz CT molecular complexity index is 122. The first kappa shape index (κ1) is 5.56. The highest BCUT2D eigenvalue weighted by molar-refractivity contribution is 5.73. The molecule has 0 rings (SSSR count). The summed E-state index contributed by atoms with van der Waals surface area (Å²) in [5.41, 5.74) is 5.07. The Morgan fingerprint density at radius 2 is 2.25 bits per heavy atom. The third kappa shape index (κ3) is 1.93. The average Bonchev–Trinajstić information content (AvgIpc) is 1.65. The minimum absolute atomic E-state index is 0.366. The van der Waals surface area contributed by atoms with E-state index in [9.17, 15) is 4.79 Å². The molecule has 0 aliphatic heterocycles. The molecule has 48 valence electrons. The van der Waals surface area contributed by atoms with Crippen LogP contribution in [-0.2, 0) is 4.79 Å². The number of hydrogen-bond donors (Lipinski definition) is 2. The summed E-state index contributed by atoms with van der Waals surface area (Å²) in [5, 5.41) is 8.30. The molecule has 1 atom stereocenters. The van der Waals surface area contributed by atoms with Crippen LogP contribution in [-0.4, -0.2) is 17.1 Å². The van der Waals surface area contributed by atoms with Crippen molar-refractivity contribution in [3.63, 3.8) is 0 Å². The Morgan fingerprint density at radius 1 is 1.88 bits per heavy atom. The van der Waals surface area contributed by atoms with E-state index in [0.29, 0.717) is 0 Å². The summed E-state index contributed by atoms with van der Waals surface area (Å²) in [5.74, 6) is -1.65. The van der Waals surface area contributed by atoms with Crippen LogP contribution in [0.15, 0.2) is 0 Å². The standard InChI is InChI=1S/C5H11NO2/c1-3(2)4(6)5(7)8/h3-4H,6H2,1-2H3,(H,7,8)/t4-/m0/s1/i4D. The molecular weight excluding hydrogens is 106 g/mol. The lowest BCUT2D eigenvalue weighted by Gasteiger charge is -2.07. The fourth-order valence-electron chi connectivity index (χ4n) is 0.247. The van der Waals surface area contributed by atoms with E-state index in [1.54, 1.807) is 13.8 Å². The van der Waals surface area contributed by atoms with Crippen LogP contribution in [0.3, 0.4) is 0 Å². The highest BCUT2D eigenvalue weighted by Gasteiger charge is 2.14. The molecule has 8 heavy (non-hydrogen) atoms. The van der Waals surface area contributed by atoms with E-state index in [1.807, 2.05) is 0 Å². The molecule has 0 saturated heterocycles. The number of nitrogens with two attached hydrogens (primary N) is 1. The number of carbonyl (C=O) groups is 1. The summed E-state index contributed by atoms with van der Waals surface area (Å²) in [6.07, 6.45) is 0. The smallest absolute Gasteiger partial charge is 0.320 e. The molecule has 0 heterocycles. The van der Waals surface area contributed by atoms with E-state index in [2.05, 4.69) is 0 Å². The van der Waals surface area contributed by atoms with Crippen molar-refractivity contribution in [3.05, 3.63) is 0 Å². The predicted molar refractivity (Wildman–Crippen MR) is 30.4 cm³/mol. The molecule has 0 aromatic carbocycles. The second-order valence-corrected chi connectivity index (χ2v) is 1.92. The van der Waals surface area contributed by atoms with Crippen molar-refractivity contribution in [2.45, 2.75) is 19.9 Å². The van der Waals surface area contributed by atoms with Crippen LogP contribution in [0.4, 0.5) is 0 Å². The fourth-order valence-corrected chi connectivity index (χ4v) is 0.247. The van der Waals surface area contributed by atoms with Crippen molar-refractivity contribution in [2.24, 2.45) is 11.7 Å². The number of carboxylic acids is 1. The van der Waals surface area contributed by atoms with Gasteiger partial charge in [-0.1, -0.05) is 13.8 Å². The molecule has 0 radical (unpaired) electrons. The second-order valence-electron chi connectivity index (χ2n) is 1.92. The van der Waals surface area contributed by atoms with Gasteiger partial charge in [0, 0.05) is 0 Å². The zero-order chi connectivity index (χ0) is 7.65. The van der Waals surface area contributed by atoms with E-state index in [0.717, 1.165) is 0 Å². The summed E-state index contributed by atoms with van der Waals surface area (Å²) < 4.78 is 7.01. The lowest BCUT2D eigenvalue weighted by molar-refractivity contribution is -0.139. The Balaban J connectivity index is 4.19. The lowest BCUT2D eigenvalue weighted by atomic mass is 10.1. The second kappa shape index (κ2) is 2.67. The fraction of sp³-hybridized carbons (Fsp3) is 0.800. The van der Waals surface area contributed by atoms with Gasteiger partial charge < -0.3 is 10.8 Å². The third-order valence-corrected chi connectivity index (χ3v) is 0.869. The Kier molecular flexibility index (Phi) is 1.86. The van der Waals surface area contributed by atoms with E-state index in [1.165, 1.54) is 0 Å². The van der Waals surface area contributed by atoms with Gasteiger partial charge in [-0.15, -0.1) is 0 Å². The molecule has 0 aliphatic carbocycles. The number of carboxylic acid groups (broad SMARTS) is 1. The van der Waals surface area contributed by atoms with E-state index in [4.69, 9.17) is 12.2 Å². The largest absolute Gasteiger partial charge is 0.480 e. The molecule has 3 N–H and O–H groups in total. The van der Waals surface area contributed by atoms with Gasteiger partial charge in [-0.3, -0.25) is 4.79 Å². The van der Waals surface area contributed by atoms with Crippen LogP contribution in [0.25, 0.3) is 0 Å². The lowest BCUT2D eigenvalue weighted by Crippen LogP contribution is -2.34. The predicted octanol–water partition coefficient (Wildman–Crippen LogP) is 0.0543. The van der Waals surface area contributed by atoms with Gasteiger partial charge in [0.05, 0.1) is 1.37 Å². The van der Waals surface area contributed by atoms with Crippen LogP contribution in [0.1, 0.15) is 15.2 Å². The van der Waals surface area contributed by atoms with Crippen molar-refractivity contribution in [1.82, 2.24) is 0 Å². The number of hydrogen-bond acceptors (Lipinski definition) is 2. The monoisotopic (exact) mass is 118 g/mol. The molecule has 3 nitrogen and oxygen atoms in total. The highest BCUT2D eigenvalue weighted by atomic mass is 16.4. The van der Waals surface area contributed by atoms with Crippen LogP contribution in [0, 0.1) is 5.92 Å². The summed E-state index contributed by atoms with van der Waals surface area (Å²) in [4.78, 5) is 10.2. The van der Waals surface area contributed by atoms with Crippen LogP contribution in [0.5, 0.6) is 0 Å². The maximum absolute atomic E-state index is 10.2. The molecule has 0 aromatic rings. The van der Waals surface area contributed by atoms with Crippen molar-refractivity contribution in [3.8, 4) is 0 Å². The summed E-state index contributed by atoms with van der Waals surface area (Å²) in [6, 6.07) is -1.83. The molecule has 0 spiro atoms. The zero-order valence-electron chi connectivity index (χ0n) is 6.01. The quantitative estimate of drug-likeness (QED) is 0.538. The average molecular weight is 118 g/mol. The minimum atomic E-state index is -1.83. The third-order valence-electron chi connectivity index (χ3n) is 0.869. The van der Waals surface area contributed by atoms with E-state index < -0.39 is 12.0 Å². The van der Waals surface area contributed by atoms with Gasteiger partial charge in [0.15, 0.2) is 0 Å². The summed E-state index contributed by atoms with van der Waals surface area (Å²) in [6.45, 7) is 3.20. The Morgan fingerprint density at radius 3 is 2.25 bits per heavy atom. The van der Waals surface area contributed by atoms with Gasteiger partial charge in [-0.25, -0.2) is 0 Å².